The van der Waals surface area contributed by atoms with Crippen LogP contribution in [0.5, 0.6) is 0 Å². The standard InChI is InChI=1S/C54H32N2O/c1-3-17-39-33(11-1)13-8-20-41(39)36-25-27-44-45-28-26-37(42-21-9-14-34-12-2-4-18-40(34)42)31-49(45)53-52(48(44)30-36)55-32-50(56-53)38-16-7-15-35(29-38)43-22-10-23-47-46-19-5-6-24-51(46)57-54(43)47/h1-32H. The Bertz CT molecular complexity index is 3590. The smallest absolute Gasteiger partial charge is 0.143 e. The zero-order valence-corrected chi connectivity index (χ0v) is 30.8. The molecule has 3 nitrogen and oxygen atoms in total. The number of aromatic nitrogens is 2. The number of benzene rings is 10. The topological polar surface area (TPSA) is 38.9 Å². The molecule has 0 N–H and O–H groups in total. The van der Waals surface area contributed by atoms with E-state index in [4.69, 9.17) is 14.4 Å². The first-order chi connectivity index (χ1) is 28.2. The minimum atomic E-state index is 0.822. The molecule has 12 rings (SSSR count). The van der Waals surface area contributed by atoms with Gasteiger partial charge in [-0.2, -0.15) is 0 Å². The molecule has 264 valence electrons. The van der Waals surface area contributed by atoms with E-state index >= 15 is 0 Å². The van der Waals surface area contributed by atoms with Crippen molar-refractivity contribution in [2.75, 3.05) is 0 Å². The van der Waals surface area contributed by atoms with E-state index < -0.39 is 0 Å². The lowest BCUT2D eigenvalue weighted by Crippen LogP contribution is -1.94. The molecule has 3 heteroatoms. The van der Waals surface area contributed by atoms with Crippen molar-refractivity contribution in [3.8, 4) is 44.6 Å². The normalized spacial score (nSPS) is 11.9. The van der Waals surface area contributed by atoms with Crippen LogP contribution >= 0.6 is 0 Å². The van der Waals surface area contributed by atoms with E-state index in [1.54, 1.807) is 0 Å². The average molecular weight is 725 g/mol. The molecule has 0 unspecified atom stereocenters. The van der Waals surface area contributed by atoms with E-state index in [9.17, 15) is 0 Å². The molecule has 0 aliphatic heterocycles. The van der Waals surface area contributed by atoms with E-state index in [1.165, 1.54) is 32.7 Å². The van der Waals surface area contributed by atoms with Crippen molar-refractivity contribution in [1.29, 1.82) is 0 Å². The Morgan fingerprint density at radius 3 is 1.58 bits per heavy atom. The minimum absolute atomic E-state index is 0.822. The largest absolute Gasteiger partial charge is 0.455 e. The van der Waals surface area contributed by atoms with Gasteiger partial charge < -0.3 is 4.42 Å². The fourth-order valence-corrected chi connectivity index (χ4v) is 8.97. The van der Waals surface area contributed by atoms with Crippen LogP contribution in [-0.4, -0.2) is 9.97 Å². The highest BCUT2D eigenvalue weighted by molar-refractivity contribution is 6.24. The summed E-state index contributed by atoms with van der Waals surface area (Å²) in [4.78, 5) is 10.8. The van der Waals surface area contributed by atoms with Gasteiger partial charge in [-0.1, -0.05) is 164 Å². The lowest BCUT2D eigenvalue weighted by Gasteiger charge is -2.15. The summed E-state index contributed by atoms with van der Waals surface area (Å²) in [5.41, 5.74) is 12.2. The van der Waals surface area contributed by atoms with Gasteiger partial charge in [0, 0.05) is 32.7 Å². The summed E-state index contributed by atoms with van der Waals surface area (Å²) < 4.78 is 6.44. The molecule has 2 heterocycles. The highest BCUT2D eigenvalue weighted by atomic mass is 16.3. The second-order valence-electron chi connectivity index (χ2n) is 14.9. The predicted molar refractivity (Wildman–Crippen MR) is 239 cm³/mol. The predicted octanol–water partition coefficient (Wildman–Crippen LogP) is 14.8. The summed E-state index contributed by atoms with van der Waals surface area (Å²) in [5, 5.41) is 11.6. The van der Waals surface area contributed by atoms with Crippen LogP contribution in [0.1, 0.15) is 0 Å². The molecule has 10 aromatic carbocycles. The number of rotatable bonds is 4. The van der Waals surface area contributed by atoms with Crippen LogP contribution in [0.15, 0.2) is 199 Å². The van der Waals surface area contributed by atoms with Crippen LogP contribution in [0.25, 0.3) is 121 Å². The molecule has 0 bridgehead atoms. The zero-order chi connectivity index (χ0) is 37.5. The van der Waals surface area contributed by atoms with E-state index in [0.29, 0.717) is 0 Å². The SMILES string of the molecule is c1cc(-c2cnc3c4cc(-c5cccc6ccccc56)ccc4c4ccc(-c5cccc6ccccc56)cc4c3n2)cc(-c2cccc3c2oc2ccccc23)c1. The van der Waals surface area contributed by atoms with E-state index in [-0.39, 0.29) is 0 Å². The van der Waals surface area contributed by atoms with Crippen LogP contribution in [-0.2, 0) is 0 Å². The highest BCUT2D eigenvalue weighted by Gasteiger charge is 2.17. The molecule has 12 aromatic rings. The summed E-state index contributed by atoms with van der Waals surface area (Å²) in [6.07, 6.45) is 1.94. The number of hydrogen-bond acceptors (Lipinski definition) is 3. The second-order valence-corrected chi connectivity index (χ2v) is 14.9. The maximum atomic E-state index is 6.44. The molecule has 0 radical (unpaired) electrons. The highest BCUT2D eigenvalue weighted by Crippen LogP contribution is 2.41. The summed E-state index contributed by atoms with van der Waals surface area (Å²) in [6, 6.07) is 67.1. The number of para-hydroxylation sites is 2. The molecule has 2 aromatic heterocycles. The average Bonchev–Trinajstić information content (AvgIpc) is 3.67. The maximum Gasteiger partial charge on any atom is 0.143 e. The van der Waals surface area contributed by atoms with Crippen molar-refractivity contribution in [2.24, 2.45) is 0 Å². The minimum Gasteiger partial charge on any atom is -0.455 e. The third-order valence-electron chi connectivity index (χ3n) is 11.7. The van der Waals surface area contributed by atoms with Crippen molar-refractivity contribution >= 4 is 76.1 Å². The molecular weight excluding hydrogens is 693 g/mol. The molecule has 0 fully saturated rings. The first-order valence-corrected chi connectivity index (χ1v) is 19.4. The lowest BCUT2D eigenvalue weighted by molar-refractivity contribution is 0.670. The molecule has 0 saturated heterocycles. The van der Waals surface area contributed by atoms with E-state index in [1.807, 2.05) is 18.3 Å². The molecule has 0 spiro atoms. The fourth-order valence-electron chi connectivity index (χ4n) is 8.97. The zero-order valence-electron chi connectivity index (χ0n) is 30.8. The summed E-state index contributed by atoms with van der Waals surface area (Å²) in [5.74, 6) is 0. The van der Waals surface area contributed by atoms with Crippen LogP contribution in [0.3, 0.4) is 0 Å². The van der Waals surface area contributed by atoms with Crippen molar-refractivity contribution in [3.63, 3.8) is 0 Å². The lowest BCUT2D eigenvalue weighted by atomic mass is 9.91. The quantitative estimate of drug-likeness (QED) is 0.170. The maximum absolute atomic E-state index is 6.44. The first-order valence-electron chi connectivity index (χ1n) is 19.4. The van der Waals surface area contributed by atoms with Gasteiger partial charge >= 0.3 is 0 Å². The van der Waals surface area contributed by atoms with Crippen LogP contribution in [0.2, 0.25) is 0 Å². The Hall–Kier alpha value is -7.62. The van der Waals surface area contributed by atoms with E-state index in [2.05, 4.69) is 176 Å². The Balaban J connectivity index is 1.09. The first kappa shape index (κ1) is 31.7. The van der Waals surface area contributed by atoms with Gasteiger partial charge in [-0.3, -0.25) is 4.98 Å². The van der Waals surface area contributed by atoms with E-state index in [0.717, 1.165) is 88.0 Å². The van der Waals surface area contributed by atoms with Crippen LogP contribution < -0.4 is 0 Å². The Morgan fingerprint density at radius 2 is 0.860 bits per heavy atom. The van der Waals surface area contributed by atoms with Crippen LogP contribution in [0.4, 0.5) is 0 Å². The molecule has 57 heavy (non-hydrogen) atoms. The third kappa shape index (κ3) is 4.99. The molecule has 0 aliphatic rings. The van der Waals surface area contributed by atoms with Gasteiger partial charge in [0.1, 0.15) is 11.2 Å². The van der Waals surface area contributed by atoms with Gasteiger partial charge in [0.05, 0.1) is 22.9 Å². The molecular formula is C54H32N2O. The van der Waals surface area contributed by atoms with Gasteiger partial charge in [0.25, 0.3) is 0 Å². The molecule has 0 saturated carbocycles. The van der Waals surface area contributed by atoms with Crippen molar-refractivity contribution in [2.45, 2.75) is 0 Å². The van der Waals surface area contributed by atoms with Crippen molar-refractivity contribution in [1.82, 2.24) is 9.97 Å². The molecule has 0 atom stereocenters. The third-order valence-corrected chi connectivity index (χ3v) is 11.7. The van der Waals surface area contributed by atoms with Gasteiger partial charge in [-0.25, -0.2) is 4.98 Å². The Labute approximate surface area is 328 Å². The monoisotopic (exact) mass is 724 g/mol. The Morgan fingerprint density at radius 1 is 0.333 bits per heavy atom. The Kier molecular flexibility index (Phi) is 6.93. The van der Waals surface area contributed by atoms with Crippen molar-refractivity contribution < 1.29 is 4.42 Å². The fraction of sp³-hybridized carbons (Fsp3) is 0. The summed E-state index contributed by atoms with van der Waals surface area (Å²) in [6.45, 7) is 0. The molecule has 0 aliphatic carbocycles. The molecule has 0 amide bonds. The number of furan rings is 1. The number of hydrogen-bond donors (Lipinski definition) is 0. The number of nitrogens with zero attached hydrogens (tertiary/aromatic N) is 2. The van der Waals surface area contributed by atoms with Gasteiger partial charge in [-0.15, -0.1) is 0 Å². The van der Waals surface area contributed by atoms with Gasteiger partial charge in [0.2, 0.25) is 0 Å². The summed E-state index contributed by atoms with van der Waals surface area (Å²) >= 11 is 0. The second kappa shape index (κ2) is 12.5. The number of fused-ring (bicyclic) bond motifs is 11. The van der Waals surface area contributed by atoms with Gasteiger partial charge in [0.15, 0.2) is 0 Å². The summed E-state index contributed by atoms with van der Waals surface area (Å²) in [7, 11) is 0. The van der Waals surface area contributed by atoms with Crippen molar-refractivity contribution in [3.05, 3.63) is 194 Å². The van der Waals surface area contributed by atoms with Crippen LogP contribution in [0, 0.1) is 0 Å². The van der Waals surface area contributed by atoms with Gasteiger partial charge in [-0.05, 0) is 84.4 Å².